The monoisotopic (exact) mass is 356 g/mol. The van der Waals surface area contributed by atoms with Crippen molar-refractivity contribution in [2.24, 2.45) is 0 Å². The van der Waals surface area contributed by atoms with Crippen LogP contribution in [0.1, 0.15) is 5.69 Å². The third kappa shape index (κ3) is 3.21. The van der Waals surface area contributed by atoms with E-state index in [0.717, 1.165) is 6.07 Å². The van der Waals surface area contributed by atoms with Gasteiger partial charge >= 0.3 is 6.18 Å². The lowest BCUT2D eigenvalue weighted by Crippen LogP contribution is -2.07. The Balaban J connectivity index is 2.22. The van der Waals surface area contributed by atoms with Crippen LogP contribution in [0.5, 0.6) is 0 Å². The predicted molar refractivity (Wildman–Crippen MR) is 84.0 cm³/mol. The highest BCUT2D eigenvalue weighted by Crippen LogP contribution is 2.35. The van der Waals surface area contributed by atoms with E-state index in [0.29, 0.717) is 16.3 Å². The number of aromatic nitrogens is 2. The van der Waals surface area contributed by atoms with Crippen molar-refractivity contribution in [1.82, 2.24) is 9.78 Å². The molecule has 1 aromatic heterocycles. The van der Waals surface area contributed by atoms with Crippen LogP contribution in [0, 0.1) is 0 Å². The Kier molecular flexibility index (Phi) is 4.08. The average Bonchev–Trinajstić information content (AvgIpc) is 2.96. The van der Waals surface area contributed by atoms with Gasteiger partial charge in [-0.3, -0.25) is 0 Å². The highest BCUT2D eigenvalue weighted by atomic mass is 35.5. The standard InChI is InChI=1S/C16H9Cl2F3N2/c17-12-7-6-10(8-13(12)18)14-9-15(16(19,20)21)22-23(14)11-4-2-1-3-5-11/h1-9H. The molecule has 0 saturated heterocycles. The Morgan fingerprint density at radius 1 is 0.870 bits per heavy atom. The number of rotatable bonds is 2. The van der Waals surface area contributed by atoms with Crippen molar-refractivity contribution >= 4 is 23.2 Å². The molecular weight excluding hydrogens is 348 g/mol. The van der Waals surface area contributed by atoms with Gasteiger partial charge < -0.3 is 0 Å². The minimum atomic E-state index is -4.54. The molecule has 0 aliphatic carbocycles. The molecule has 0 amide bonds. The van der Waals surface area contributed by atoms with Crippen molar-refractivity contribution in [2.45, 2.75) is 6.18 Å². The molecule has 1 heterocycles. The van der Waals surface area contributed by atoms with Crippen molar-refractivity contribution in [3.05, 3.63) is 70.3 Å². The first-order chi connectivity index (χ1) is 10.9. The van der Waals surface area contributed by atoms with E-state index in [4.69, 9.17) is 23.2 Å². The van der Waals surface area contributed by atoms with Gasteiger partial charge in [0.05, 0.1) is 21.4 Å². The van der Waals surface area contributed by atoms with Crippen LogP contribution >= 0.6 is 23.2 Å². The fraction of sp³-hybridized carbons (Fsp3) is 0.0625. The van der Waals surface area contributed by atoms with Crippen molar-refractivity contribution < 1.29 is 13.2 Å². The van der Waals surface area contributed by atoms with E-state index in [2.05, 4.69) is 5.10 Å². The van der Waals surface area contributed by atoms with Gasteiger partial charge in [0.15, 0.2) is 5.69 Å². The second-order valence-electron chi connectivity index (χ2n) is 4.79. The Bertz CT molecular complexity index is 842. The molecule has 23 heavy (non-hydrogen) atoms. The minimum absolute atomic E-state index is 0.263. The first-order valence-electron chi connectivity index (χ1n) is 6.54. The molecule has 0 unspecified atom stereocenters. The van der Waals surface area contributed by atoms with Gasteiger partial charge in [-0.2, -0.15) is 18.3 Å². The number of hydrogen-bond donors (Lipinski definition) is 0. The molecule has 118 valence electrons. The largest absolute Gasteiger partial charge is 0.435 e. The zero-order chi connectivity index (χ0) is 16.6. The average molecular weight is 357 g/mol. The zero-order valence-electron chi connectivity index (χ0n) is 11.5. The molecule has 0 spiro atoms. The summed E-state index contributed by atoms with van der Waals surface area (Å²) in [5, 5.41) is 4.29. The van der Waals surface area contributed by atoms with Crippen molar-refractivity contribution in [3.63, 3.8) is 0 Å². The summed E-state index contributed by atoms with van der Waals surface area (Å²) in [5.74, 6) is 0. The van der Waals surface area contributed by atoms with Crippen molar-refractivity contribution in [2.75, 3.05) is 0 Å². The van der Waals surface area contributed by atoms with Gasteiger partial charge in [0.2, 0.25) is 0 Å². The van der Waals surface area contributed by atoms with E-state index in [1.54, 1.807) is 36.4 Å². The quantitative estimate of drug-likeness (QED) is 0.561. The van der Waals surface area contributed by atoms with Crippen molar-refractivity contribution in [1.29, 1.82) is 0 Å². The minimum Gasteiger partial charge on any atom is -0.233 e. The lowest BCUT2D eigenvalue weighted by Gasteiger charge is -2.08. The highest BCUT2D eigenvalue weighted by Gasteiger charge is 2.35. The molecule has 2 nitrogen and oxygen atoms in total. The molecule has 2 aromatic carbocycles. The summed E-state index contributed by atoms with van der Waals surface area (Å²) in [4.78, 5) is 0. The molecular formula is C16H9Cl2F3N2. The van der Waals surface area contributed by atoms with Crippen LogP contribution in [-0.4, -0.2) is 9.78 Å². The van der Waals surface area contributed by atoms with Gasteiger partial charge in [-0.25, -0.2) is 4.68 Å². The molecule has 0 saturated carbocycles. The summed E-state index contributed by atoms with van der Waals surface area (Å²) >= 11 is 11.8. The summed E-state index contributed by atoms with van der Waals surface area (Å²) < 4.78 is 40.3. The number of alkyl halides is 3. The third-order valence-electron chi connectivity index (χ3n) is 3.22. The Hall–Kier alpha value is -1.98. The molecule has 0 atom stereocenters. The summed E-state index contributed by atoms with van der Waals surface area (Å²) in [6.45, 7) is 0. The van der Waals surface area contributed by atoms with Gasteiger partial charge in [-0.15, -0.1) is 0 Å². The number of hydrogen-bond acceptors (Lipinski definition) is 1. The number of benzene rings is 2. The first-order valence-corrected chi connectivity index (χ1v) is 7.30. The maximum atomic E-state index is 13.0. The molecule has 0 aliphatic heterocycles. The van der Waals surface area contributed by atoms with E-state index >= 15 is 0 Å². The van der Waals surface area contributed by atoms with Gasteiger partial charge in [-0.1, -0.05) is 47.5 Å². The van der Waals surface area contributed by atoms with E-state index in [1.165, 1.54) is 16.8 Å². The topological polar surface area (TPSA) is 17.8 Å². The van der Waals surface area contributed by atoms with Gasteiger partial charge in [0.1, 0.15) is 0 Å². The number of nitrogens with zero attached hydrogens (tertiary/aromatic N) is 2. The maximum Gasteiger partial charge on any atom is 0.435 e. The molecule has 3 aromatic rings. The van der Waals surface area contributed by atoms with Crippen LogP contribution < -0.4 is 0 Å². The first kappa shape index (κ1) is 15.9. The molecule has 7 heteroatoms. The van der Waals surface area contributed by atoms with Gasteiger partial charge in [-0.05, 0) is 30.3 Å². The maximum absolute atomic E-state index is 13.0. The van der Waals surface area contributed by atoms with Crippen LogP contribution in [0.2, 0.25) is 10.0 Å². The molecule has 0 N–H and O–H groups in total. The zero-order valence-corrected chi connectivity index (χ0v) is 13.0. The summed E-state index contributed by atoms with van der Waals surface area (Å²) in [6, 6.07) is 14.2. The summed E-state index contributed by atoms with van der Waals surface area (Å²) in [7, 11) is 0. The van der Waals surface area contributed by atoms with E-state index in [9.17, 15) is 13.2 Å². The van der Waals surface area contributed by atoms with Crippen LogP contribution in [0.15, 0.2) is 54.6 Å². The molecule has 3 rings (SSSR count). The number of halogens is 5. The van der Waals surface area contributed by atoms with E-state index < -0.39 is 11.9 Å². The third-order valence-corrected chi connectivity index (χ3v) is 3.95. The number of para-hydroxylation sites is 1. The summed E-state index contributed by atoms with van der Waals surface area (Å²) in [6.07, 6.45) is -4.54. The van der Waals surface area contributed by atoms with Gasteiger partial charge in [0, 0.05) is 5.56 Å². The lowest BCUT2D eigenvalue weighted by molar-refractivity contribution is -0.141. The molecule has 0 aliphatic rings. The molecule has 0 bridgehead atoms. The van der Waals surface area contributed by atoms with Crippen LogP contribution in [0.25, 0.3) is 16.9 Å². The van der Waals surface area contributed by atoms with E-state index in [1.807, 2.05) is 0 Å². The van der Waals surface area contributed by atoms with Crippen LogP contribution in [0.3, 0.4) is 0 Å². The molecule has 0 radical (unpaired) electrons. The summed E-state index contributed by atoms with van der Waals surface area (Å²) in [5.41, 5.74) is 0.319. The Morgan fingerprint density at radius 3 is 2.17 bits per heavy atom. The van der Waals surface area contributed by atoms with Crippen LogP contribution in [0.4, 0.5) is 13.2 Å². The van der Waals surface area contributed by atoms with E-state index in [-0.39, 0.29) is 10.7 Å². The normalized spacial score (nSPS) is 11.7. The smallest absolute Gasteiger partial charge is 0.233 e. The Labute approximate surface area is 140 Å². The van der Waals surface area contributed by atoms with Gasteiger partial charge in [0.25, 0.3) is 0 Å². The fourth-order valence-corrected chi connectivity index (χ4v) is 2.44. The highest BCUT2D eigenvalue weighted by molar-refractivity contribution is 6.42. The van der Waals surface area contributed by atoms with Crippen LogP contribution in [-0.2, 0) is 6.18 Å². The Morgan fingerprint density at radius 2 is 1.57 bits per heavy atom. The SMILES string of the molecule is FC(F)(F)c1cc(-c2ccc(Cl)c(Cl)c2)n(-c2ccccc2)n1. The predicted octanol–water partition coefficient (Wildman–Crippen LogP) is 5.86. The second kappa shape index (κ2) is 5.91. The fourth-order valence-electron chi connectivity index (χ4n) is 2.15. The van der Waals surface area contributed by atoms with Crippen molar-refractivity contribution in [3.8, 4) is 16.9 Å². The lowest BCUT2D eigenvalue weighted by atomic mass is 10.1. The molecule has 0 fully saturated rings. The second-order valence-corrected chi connectivity index (χ2v) is 5.60.